The van der Waals surface area contributed by atoms with E-state index in [1.807, 2.05) is 74.2 Å². The third kappa shape index (κ3) is 5.78. The first-order valence-corrected chi connectivity index (χ1v) is 10.9. The number of hydrogen-bond donors (Lipinski definition) is 2. The van der Waals surface area contributed by atoms with Crippen LogP contribution in [0.1, 0.15) is 32.7 Å². The molecule has 0 aliphatic carbocycles. The zero-order valence-electron chi connectivity index (χ0n) is 17.6. The molecule has 0 radical (unpaired) electrons. The van der Waals surface area contributed by atoms with Crippen molar-refractivity contribution in [2.75, 3.05) is 32.5 Å². The number of nitrogens with zero attached hydrogens (tertiary/aromatic N) is 1. The first-order valence-electron chi connectivity index (χ1n) is 9.91. The van der Waals surface area contributed by atoms with Crippen LogP contribution in [0.5, 0.6) is 0 Å². The average molecular weight is 422 g/mol. The van der Waals surface area contributed by atoms with Crippen LogP contribution in [-0.4, -0.2) is 43.9 Å². The van der Waals surface area contributed by atoms with Crippen LogP contribution in [0.25, 0.3) is 11.1 Å². The smallest absolute Gasteiger partial charge is 0.256 e. The first-order chi connectivity index (χ1) is 14.4. The fraction of sp³-hybridized carbons (Fsp3) is 0.250. The number of aryl methyl sites for hydroxylation is 1. The van der Waals surface area contributed by atoms with E-state index in [1.165, 1.54) is 11.3 Å². The van der Waals surface area contributed by atoms with Crippen molar-refractivity contribution in [1.29, 1.82) is 0 Å². The lowest BCUT2D eigenvalue weighted by Gasteiger charge is -2.12. The van der Waals surface area contributed by atoms with Crippen molar-refractivity contribution in [2.45, 2.75) is 13.3 Å². The van der Waals surface area contributed by atoms with E-state index >= 15 is 0 Å². The lowest BCUT2D eigenvalue weighted by atomic mass is 9.98. The minimum atomic E-state index is -0.118. The van der Waals surface area contributed by atoms with Gasteiger partial charge < -0.3 is 15.5 Å². The Bertz CT molecular complexity index is 996. The van der Waals surface area contributed by atoms with Gasteiger partial charge in [0, 0.05) is 23.2 Å². The highest BCUT2D eigenvalue weighted by Gasteiger charge is 2.10. The number of carbonyl (C=O) groups excluding carboxylic acids is 2. The Morgan fingerprint density at radius 3 is 2.40 bits per heavy atom. The molecule has 5 nitrogen and oxygen atoms in total. The highest BCUT2D eigenvalue weighted by molar-refractivity contribution is 7.08. The summed E-state index contributed by atoms with van der Waals surface area (Å²) >= 11 is 1.50. The SMILES string of the molecule is Cc1ccc(NC(=O)c2ccsc2)cc1-c1ccc(C(=O)NCCCN(C)C)cc1. The molecule has 1 aromatic heterocycles. The number of rotatable bonds is 8. The zero-order valence-corrected chi connectivity index (χ0v) is 18.4. The standard InChI is InChI=1S/C24H27N3O2S/c1-17-5-10-21(26-24(29)20-11-14-30-16-20)15-22(17)18-6-8-19(9-7-18)23(28)25-12-4-13-27(2)3/h5-11,14-16H,4,12-13H2,1-3H3,(H,25,28)(H,26,29). The largest absolute Gasteiger partial charge is 0.352 e. The van der Waals surface area contributed by atoms with Gasteiger partial charge in [0.05, 0.1) is 5.56 Å². The maximum Gasteiger partial charge on any atom is 0.256 e. The van der Waals surface area contributed by atoms with Gasteiger partial charge in [-0.05, 0) is 86.4 Å². The van der Waals surface area contributed by atoms with Gasteiger partial charge in [0.15, 0.2) is 0 Å². The van der Waals surface area contributed by atoms with Gasteiger partial charge in [-0.15, -0.1) is 0 Å². The zero-order chi connectivity index (χ0) is 21.5. The van der Waals surface area contributed by atoms with Crippen LogP contribution >= 0.6 is 11.3 Å². The molecule has 1 heterocycles. The first kappa shape index (κ1) is 21.7. The van der Waals surface area contributed by atoms with Gasteiger partial charge in [0.1, 0.15) is 0 Å². The summed E-state index contributed by atoms with van der Waals surface area (Å²) in [6.45, 7) is 3.63. The third-order valence-corrected chi connectivity index (χ3v) is 5.49. The van der Waals surface area contributed by atoms with Gasteiger partial charge in [-0.1, -0.05) is 18.2 Å². The molecule has 0 aliphatic rings. The van der Waals surface area contributed by atoms with Gasteiger partial charge >= 0.3 is 0 Å². The maximum absolute atomic E-state index is 12.3. The van der Waals surface area contributed by atoms with Crippen molar-refractivity contribution in [3.8, 4) is 11.1 Å². The molecule has 2 amide bonds. The molecule has 3 rings (SSSR count). The third-order valence-electron chi connectivity index (χ3n) is 4.80. The molecule has 0 atom stereocenters. The summed E-state index contributed by atoms with van der Waals surface area (Å²) in [5.41, 5.74) is 5.17. The molecule has 2 aromatic carbocycles. The number of anilines is 1. The van der Waals surface area contributed by atoms with E-state index in [1.54, 1.807) is 6.07 Å². The highest BCUT2D eigenvalue weighted by Crippen LogP contribution is 2.27. The minimum Gasteiger partial charge on any atom is -0.352 e. The summed E-state index contributed by atoms with van der Waals surface area (Å²) < 4.78 is 0. The summed E-state index contributed by atoms with van der Waals surface area (Å²) in [5.74, 6) is -0.179. The lowest BCUT2D eigenvalue weighted by Crippen LogP contribution is -2.27. The molecular formula is C24H27N3O2S. The van der Waals surface area contributed by atoms with Crippen molar-refractivity contribution < 1.29 is 9.59 Å². The topological polar surface area (TPSA) is 61.4 Å². The predicted molar refractivity (Wildman–Crippen MR) is 124 cm³/mol. The minimum absolute atomic E-state index is 0.0613. The number of thiophene rings is 1. The summed E-state index contributed by atoms with van der Waals surface area (Å²) in [7, 11) is 4.04. The molecule has 30 heavy (non-hydrogen) atoms. The molecule has 3 aromatic rings. The Hall–Kier alpha value is -2.96. The van der Waals surface area contributed by atoms with Crippen LogP contribution in [0.3, 0.4) is 0 Å². The average Bonchev–Trinajstić information content (AvgIpc) is 3.27. The number of carbonyl (C=O) groups is 2. The monoisotopic (exact) mass is 421 g/mol. The van der Waals surface area contributed by atoms with Crippen molar-refractivity contribution in [3.05, 3.63) is 76.0 Å². The van der Waals surface area contributed by atoms with Crippen LogP contribution in [0.15, 0.2) is 59.3 Å². The van der Waals surface area contributed by atoms with Crippen molar-refractivity contribution in [2.24, 2.45) is 0 Å². The quantitative estimate of drug-likeness (QED) is 0.520. The summed E-state index contributed by atoms with van der Waals surface area (Å²) in [6.07, 6.45) is 0.917. The molecular weight excluding hydrogens is 394 g/mol. The van der Waals surface area contributed by atoms with Crippen LogP contribution in [0, 0.1) is 6.92 Å². The van der Waals surface area contributed by atoms with E-state index in [0.29, 0.717) is 17.7 Å². The Labute approximate surface area is 181 Å². The van der Waals surface area contributed by atoms with E-state index in [9.17, 15) is 9.59 Å². The molecule has 0 unspecified atom stereocenters. The Morgan fingerprint density at radius 2 is 1.73 bits per heavy atom. The van der Waals surface area contributed by atoms with Gasteiger partial charge in [0.25, 0.3) is 11.8 Å². The predicted octanol–water partition coefficient (Wildman–Crippen LogP) is 4.66. The van der Waals surface area contributed by atoms with Crippen LogP contribution in [0.2, 0.25) is 0 Å². The van der Waals surface area contributed by atoms with Crippen molar-refractivity contribution >= 4 is 28.8 Å². The van der Waals surface area contributed by atoms with E-state index in [0.717, 1.165) is 35.3 Å². The molecule has 2 N–H and O–H groups in total. The van der Waals surface area contributed by atoms with Crippen LogP contribution < -0.4 is 10.6 Å². The number of nitrogens with one attached hydrogen (secondary N) is 2. The molecule has 0 saturated carbocycles. The summed E-state index contributed by atoms with van der Waals surface area (Å²) in [5, 5.41) is 9.62. The van der Waals surface area contributed by atoms with Gasteiger partial charge in [-0.25, -0.2) is 0 Å². The maximum atomic E-state index is 12.3. The molecule has 0 aliphatic heterocycles. The fourth-order valence-corrected chi connectivity index (χ4v) is 3.74. The molecule has 0 spiro atoms. The Balaban J connectivity index is 1.68. The molecule has 0 fully saturated rings. The molecule has 0 bridgehead atoms. The molecule has 6 heteroatoms. The number of amides is 2. The van der Waals surface area contributed by atoms with Crippen LogP contribution in [0.4, 0.5) is 5.69 Å². The lowest BCUT2D eigenvalue weighted by molar-refractivity contribution is 0.0951. The summed E-state index contributed by atoms with van der Waals surface area (Å²) in [4.78, 5) is 26.7. The number of hydrogen-bond acceptors (Lipinski definition) is 4. The second-order valence-corrected chi connectivity index (χ2v) is 8.27. The summed E-state index contributed by atoms with van der Waals surface area (Å²) in [6, 6.07) is 15.2. The van der Waals surface area contributed by atoms with Crippen LogP contribution in [-0.2, 0) is 0 Å². The van der Waals surface area contributed by atoms with Crippen molar-refractivity contribution in [1.82, 2.24) is 10.2 Å². The van der Waals surface area contributed by atoms with Crippen molar-refractivity contribution in [3.63, 3.8) is 0 Å². The highest BCUT2D eigenvalue weighted by atomic mass is 32.1. The molecule has 0 saturated heterocycles. The normalized spacial score (nSPS) is 10.8. The fourth-order valence-electron chi connectivity index (χ4n) is 3.11. The molecule has 156 valence electrons. The Kier molecular flexibility index (Phi) is 7.38. The number of benzene rings is 2. The van der Waals surface area contributed by atoms with E-state index in [4.69, 9.17) is 0 Å². The second-order valence-electron chi connectivity index (χ2n) is 7.49. The Morgan fingerprint density at radius 1 is 0.967 bits per heavy atom. The van der Waals surface area contributed by atoms with E-state index < -0.39 is 0 Å². The van der Waals surface area contributed by atoms with E-state index in [2.05, 4.69) is 15.5 Å². The van der Waals surface area contributed by atoms with Gasteiger partial charge in [-0.2, -0.15) is 11.3 Å². The van der Waals surface area contributed by atoms with Gasteiger partial charge in [0.2, 0.25) is 0 Å². The van der Waals surface area contributed by atoms with Gasteiger partial charge in [-0.3, -0.25) is 9.59 Å². The second kappa shape index (κ2) is 10.2. The van der Waals surface area contributed by atoms with E-state index in [-0.39, 0.29) is 11.8 Å².